The highest BCUT2D eigenvalue weighted by Crippen LogP contribution is 2.31. The second kappa shape index (κ2) is 10.6. The molecular weight excluding hydrogens is 532 g/mol. The maximum atomic E-state index is 13.7. The molecule has 0 fully saturated rings. The first-order valence-electron chi connectivity index (χ1n) is 11.1. The van der Waals surface area contributed by atoms with Gasteiger partial charge in [-0.15, -0.1) is 0 Å². The van der Waals surface area contributed by atoms with Crippen LogP contribution in [0.3, 0.4) is 0 Å². The molecule has 0 N–H and O–H groups in total. The quantitative estimate of drug-likeness (QED) is 0.411. The molecule has 0 saturated heterocycles. The molecule has 1 atom stereocenters. The van der Waals surface area contributed by atoms with Crippen molar-refractivity contribution < 1.29 is 19.0 Å². The maximum Gasteiger partial charge on any atom is 0.338 e. The summed E-state index contributed by atoms with van der Waals surface area (Å²) in [6.45, 7) is 6.22. The third-order valence-corrected chi connectivity index (χ3v) is 7.10. The van der Waals surface area contributed by atoms with Crippen LogP contribution >= 0.6 is 27.3 Å². The third-order valence-electron chi connectivity index (χ3n) is 5.50. The summed E-state index contributed by atoms with van der Waals surface area (Å²) in [5.41, 5.74) is 2.25. The molecule has 7 nitrogen and oxygen atoms in total. The second-order valence-electron chi connectivity index (χ2n) is 7.70. The molecule has 1 aliphatic heterocycles. The summed E-state index contributed by atoms with van der Waals surface area (Å²) in [6, 6.07) is 12.3. The van der Waals surface area contributed by atoms with Crippen molar-refractivity contribution in [1.29, 1.82) is 0 Å². The summed E-state index contributed by atoms with van der Waals surface area (Å²) in [5, 5.41) is 0. The average Bonchev–Trinajstić information content (AvgIpc) is 3.14. The van der Waals surface area contributed by atoms with Crippen molar-refractivity contribution in [2.45, 2.75) is 26.8 Å². The zero-order valence-corrected chi connectivity index (χ0v) is 22.2. The van der Waals surface area contributed by atoms with Gasteiger partial charge in [-0.05, 0) is 78.2 Å². The molecule has 9 heteroatoms. The Kier molecular flexibility index (Phi) is 7.57. The number of hydrogen-bond acceptors (Lipinski definition) is 7. The van der Waals surface area contributed by atoms with Gasteiger partial charge in [-0.3, -0.25) is 9.36 Å². The normalized spacial score (nSPS) is 15.5. The molecule has 2 aromatic carbocycles. The van der Waals surface area contributed by atoms with E-state index in [0.717, 1.165) is 21.3 Å². The Hall–Kier alpha value is -3.17. The van der Waals surface area contributed by atoms with Crippen LogP contribution < -0.4 is 24.4 Å². The molecule has 1 aromatic heterocycles. The molecule has 0 radical (unpaired) electrons. The number of carbonyl (C=O) groups excluding carboxylic acids is 1. The summed E-state index contributed by atoms with van der Waals surface area (Å²) >= 11 is 4.81. The van der Waals surface area contributed by atoms with Crippen LogP contribution in [0.5, 0.6) is 11.5 Å². The number of aromatic nitrogens is 1. The van der Waals surface area contributed by atoms with Crippen molar-refractivity contribution in [3.63, 3.8) is 0 Å². The number of esters is 1. The van der Waals surface area contributed by atoms with E-state index in [4.69, 9.17) is 14.2 Å². The zero-order valence-electron chi connectivity index (χ0n) is 19.8. The number of halogens is 1. The number of rotatable bonds is 7. The van der Waals surface area contributed by atoms with Crippen LogP contribution in [0.2, 0.25) is 0 Å². The molecule has 1 aliphatic rings. The predicted octanol–water partition coefficient (Wildman–Crippen LogP) is 3.97. The third kappa shape index (κ3) is 4.97. The van der Waals surface area contributed by atoms with Crippen molar-refractivity contribution in [3.8, 4) is 11.5 Å². The molecule has 0 bridgehead atoms. The maximum absolute atomic E-state index is 13.7. The van der Waals surface area contributed by atoms with Crippen molar-refractivity contribution >= 4 is 39.3 Å². The van der Waals surface area contributed by atoms with E-state index in [1.165, 1.54) is 11.3 Å². The first-order valence-corrected chi connectivity index (χ1v) is 12.7. The number of ether oxygens (including phenoxy) is 3. The fourth-order valence-corrected chi connectivity index (χ4v) is 5.48. The van der Waals surface area contributed by atoms with Crippen molar-refractivity contribution in [2.75, 3.05) is 20.3 Å². The molecule has 182 valence electrons. The van der Waals surface area contributed by atoms with Crippen molar-refractivity contribution in [2.24, 2.45) is 4.99 Å². The Morgan fingerprint density at radius 3 is 2.54 bits per heavy atom. The highest BCUT2D eigenvalue weighted by molar-refractivity contribution is 9.10. The summed E-state index contributed by atoms with van der Waals surface area (Å²) in [7, 11) is 1.59. The minimum absolute atomic E-state index is 0.224. The van der Waals surface area contributed by atoms with Crippen LogP contribution in [0, 0.1) is 0 Å². The smallest absolute Gasteiger partial charge is 0.338 e. The van der Waals surface area contributed by atoms with Crippen LogP contribution in [0.15, 0.2) is 68.0 Å². The van der Waals surface area contributed by atoms with Gasteiger partial charge >= 0.3 is 5.97 Å². The van der Waals surface area contributed by atoms with E-state index >= 15 is 0 Å². The van der Waals surface area contributed by atoms with Gasteiger partial charge < -0.3 is 14.2 Å². The summed E-state index contributed by atoms with van der Waals surface area (Å²) in [5.74, 6) is 0.931. The van der Waals surface area contributed by atoms with Gasteiger partial charge in [0.05, 0.1) is 46.6 Å². The Bertz CT molecular complexity index is 1470. The lowest BCUT2D eigenvalue weighted by Crippen LogP contribution is -2.39. The van der Waals surface area contributed by atoms with E-state index in [0.29, 0.717) is 33.0 Å². The molecule has 2 heterocycles. The highest BCUT2D eigenvalue weighted by Gasteiger charge is 2.33. The van der Waals surface area contributed by atoms with Gasteiger partial charge in [-0.1, -0.05) is 29.5 Å². The Labute approximate surface area is 215 Å². The number of hydrogen-bond donors (Lipinski definition) is 0. The zero-order chi connectivity index (χ0) is 25.1. The van der Waals surface area contributed by atoms with Crippen molar-refractivity contribution in [1.82, 2.24) is 4.57 Å². The molecule has 0 saturated carbocycles. The van der Waals surface area contributed by atoms with Gasteiger partial charge in [0, 0.05) is 0 Å². The van der Waals surface area contributed by atoms with Gasteiger partial charge in [0.1, 0.15) is 11.5 Å². The van der Waals surface area contributed by atoms with Gasteiger partial charge in [-0.2, -0.15) is 0 Å². The topological polar surface area (TPSA) is 79.1 Å². The number of thiazole rings is 1. The minimum Gasteiger partial charge on any atom is -0.497 e. The van der Waals surface area contributed by atoms with Crippen LogP contribution in [0.1, 0.15) is 37.9 Å². The second-order valence-corrected chi connectivity index (χ2v) is 9.56. The molecule has 0 amide bonds. The van der Waals surface area contributed by atoms with Crippen LogP contribution in [0.4, 0.5) is 0 Å². The van der Waals surface area contributed by atoms with Gasteiger partial charge in [0.25, 0.3) is 5.56 Å². The van der Waals surface area contributed by atoms with Crippen molar-refractivity contribution in [3.05, 3.63) is 89.0 Å². The summed E-state index contributed by atoms with van der Waals surface area (Å²) < 4.78 is 19.1. The van der Waals surface area contributed by atoms with Gasteiger partial charge in [0.15, 0.2) is 4.80 Å². The van der Waals surface area contributed by atoms with Crippen LogP contribution in [0.25, 0.3) is 6.08 Å². The van der Waals surface area contributed by atoms with E-state index in [-0.39, 0.29) is 12.2 Å². The average molecular weight is 557 g/mol. The SMILES string of the molecule is CCOC(=O)C1=C(C)N=c2s/c(=C\c3ccc(OCC)c(Br)c3)c(=O)n2[C@@H]1c1ccc(OC)cc1. The Morgan fingerprint density at radius 2 is 1.91 bits per heavy atom. The monoisotopic (exact) mass is 556 g/mol. The molecule has 0 unspecified atom stereocenters. The molecule has 4 rings (SSSR count). The van der Waals surface area contributed by atoms with E-state index in [2.05, 4.69) is 20.9 Å². The van der Waals surface area contributed by atoms with Gasteiger partial charge in [0.2, 0.25) is 0 Å². The lowest BCUT2D eigenvalue weighted by molar-refractivity contribution is -0.139. The minimum atomic E-state index is -0.662. The lowest BCUT2D eigenvalue weighted by atomic mass is 9.96. The van der Waals surface area contributed by atoms with E-state index in [9.17, 15) is 9.59 Å². The Morgan fingerprint density at radius 1 is 1.17 bits per heavy atom. The fraction of sp³-hybridized carbons (Fsp3) is 0.269. The number of nitrogens with zero attached hydrogens (tertiary/aromatic N) is 2. The van der Waals surface area contributed by atoms with E-state index in [1.54, 1.807) is 37.7 Å². The molecular formula is C26H25BrN2O5S. The molecule has 3 aromatic rings. The molecule has 0 spiro atoms. The number of benzene rings is 2. The van der Waals surface area contributed by atoms with Crippen LogP contribution in [-0.2, 0) is 9.53 Å². The first-order chi connectivity index (χ1) is 16.9. The van der Waals surface area contributed by atoms with Gasteiger partial charge in [-0.25, -0.2) is 9.79 Å². The number of fused-ring (bicyclic) bond motifs is 1. The summed E-state index contributed by atoms with van der Waals surface area (Å²) in [4.78, 5) is 31.7. The molecule has 35 heavy (non-hydrogen) atoms. The number of allylic oxidation sites excluding steroid dienone is 1. The lowest BCUT2D eigenvalue weighted by Gasteiger charge is -2.24. The predicted molar refractivity (Wildman–Crippen MR) is 139 cm³/mol. The highest BCUT2D eigenvalue weighted by atomic mass is 79.9. The number of carbonyl (C=O) groups is 1. The summed E-state index contributed by atoms with van der Waals surface area (Å²) in [6.07, 6.45) is 1.82. The fourth-order valence-electron chi connectivity index (χ4n) is 3.92. The Balaban J connectivity index is 1.89. The first kappa shape index (κ1) is 24.9. The number of methoxy groups -OCH3 is 1. The standard InChI is InChI=1S/C26H25BrN2O5S/c1-5-33-20-12-7-16(13-19(20)27)14-21-24(30)29-23(17-8-10-18(32-4)11-9-17)22(25(31)34-6-2)15(3)28-26(29)35-21/h7-14,23H,5-6H2,1-4H3/b21-14-/t23-/m1/s1. The van der Waals surface area contributed by atoms with E-state index < -0.39 is 12.0 Å². The molecule has 0 aliphatic carbocycles. The largest absolute Gasteiger partial charge is 0.497 e. The van der Waals surface area contributed by atoms with E-state index in [1.807, 2.05) is 43.3 Å². The van der Waals surface area contributed by atoms with Crippen LogP contribution in [-0.4, -0.2) is 30.9 Å².